The second-order valence-electron chi connectivity index (χ2n) is 16.7. The third kappa shape index (κ3) is 4.52. The monoisotopic (exact) mass is 771 g/mol. The van der Waals surface area contributed by atoms with Crippen LogP contribution in [-0.4, -0.2) is 14.5 Å². The fourth-order valence-electron chi connectivity index (χ4n) is 10.5. The first-order valence-corrected chi connectivity index (χ1v) is 21.5. The molecule has 13 rings (SSSR count). The minimum absolute atomic E-state index is 0.114. The molecule has 0 saturated carbocycles. The van der Waals surface area contributed by atoms with Gasteiger partial charge in [0.25, 0.3) is 0 Å². The maximum atomic E-state index is 5.67. The van der Waals surface area contributed by atoms with Crippen LogP contribution in [0.5, 0.6) is 0 Å². The van der Waals surface area contributed by atoms with Crippen molar-refractivity contribution in [2.75, 3.05) is 0 Å². The second-order valence-corrected chi connectivity index (χ2v) is 17.8. The van der Waals surface area contributed by atoms with E-state index in [9.17, 15) is 0 Å². The van der Waals surface area contributed by atoms with Gasteiger partial charge in [0.1, 0.15) is 0 Å². The van der Waals surface area contributed by atoms with E-state index in [1.54, 1.807) is 11.3 Å². The Morgan fingerprint density at radius 3 is 2.12 bits per heavy atom. The smallest absolute Gasteiger partial charge is 0.235 e. The van der Waals surface area contributed by atoms with E-state index in [4.69, 9.17) is 9.97 Å². The van der Waals surface area contributed by atoms with Crippen molar-refractivity contribution in [2.24, 2.45) is 0 Å². The molecule has 0 N–H and O–H groups in total. The van der Waals surface area contributed by atoms with Crippen molar-refractivity contribution in [1.82, 2.24) is 14.5 Å². The molecule has 0 atom stereocenters. The van der Waals surface area contributed by atoms with Crippen molar-refractivity contribution >= 4 is 91.3 Å². The molecular weight excluding hydrogens is 735 g/mol. The van der Waals surface area contributed by atoms with Gasteiger partial charge in [-0.25, -0.2) is 9.97 Å². The van der Waals surface area contributed by atoms with E-state index < -0.39 is 0 Å². The second kappa shape index (κ2) is 12.1. The van der Waals surface area contributed by atoms with Crippen molar-refractivity contribution in [3.8, 4) is 28.2 Å². The lowest BCUT2D eigenvalue weighted by Gasteiger charge is -2.21. The summed E-state index contributed by atoms with van der Waals surface area (Å²) in [5.41, 5.74) is 13.1. The molecule has 0 spiro atoms. The highest BCUT2D eigenvalue weighted by Gasteiger charge is 2.37. The molecule has 59 heavy (non-hydrogen) atoms. The average molecular weight is 772 g/mol. The first kappa shape index (κ1) is 33.1. The standard InChI is InChI=1S/C55H37N3S/c1-55(2)44-29-28-34(31-43(44)47-35-18-7-6-15-32(35)27-30-45(47)55)36-24-14-25-42-48-39-21-10-8-19-37(39)38-20-9-11-22-40(38)52(48)58(51(36)42)54-56-49(33-16-4-3-5-17-33)53-50(57-54)41-23-12-13-26-46(41)59-53/h4,6-31H,3,5H2,1-2H3. The molecule has 11 aromatic rings. The predicted molar refractivity (Wildman–Crippen MR) is 251 cm³/mol. The molecule has 0 unspecified atom stereocenters. The van der Waals surface area contributed by atoms with Crippen LogP contribution in [-0.2, 0) is 5.41 Å². The van der Waals surface area contributed by atoms with Crippen LogP contribution in [0.4, 0.5) is 0 Å². The minimum atomic E-state index is -0.114. The molecule has 3 heterocycles. The number of allylic oxidation sites excluding steroid dienone is 4. The Kier molecular flexibility index (Phi) is 6.78. The number of benzene rings is 8. The van der Waals surface area contributed by atoms with Crippen molar-refractivity contribution < 1.29 is 0 Å². The van der Waals surface area contributed by atoms with Gasteiger partial charge >= 0.3 is 0 Å². The summed E-state index contributed by atoms with van der Waals surface area (Å²) in [6.45, 7) is 4.74. The van der Waals surface area contributed by atoms with Gasteiger partial charge in [-0.2, -0.15) is 0 Å². The highest BCUT2D eigenvalue weighted by Crippen LogP contribution is 2.53. The van der Waals surface area contributed by atoms with Gasteiger partial charge in [0.2, 0.25) is 5.95 Å². The van der Waals surface area contributed by atoms with E-state index >= 15 is 0 Å². The summed E-state index contributed by atoms with van der Waals surface area (Å²) >= 11 is 1.80. The van der Waals surface area contributed by atoms with Crippen molar-refractivity contribution in [2.45, 2.75) is 32.1 Å². The van der Waals surface area contributed by atoms with Gasteiger partial charge in [-0.15, -0.1) is 11.3 Å². The zero-order chi connectivity index (χ0) is 39.0. The normalized spacial score (nSPS) is 14.6. The number of rotatable bonds is 3. The number of nitrogens with zero attached hydrogens (tertiary/aromatic N) is 3. The van der Waals surface area contributed by atoms with Gasteiger partial charge in [0, 0.05) is 37.2 Å². The molecule has 4 heteroatoms. The lowest BCUT2D eigenvalue weighted by molar-refractivity contribution is 0.661. The van der Waals surface area contributed by atoms with E-state index in [0.29, 0.717) is 5.95 Å². The molecule has 0 fully saturated rings. The number of fused-ring (bicyclic) bond motifs is 16. The lowest BCUT2D eigenvalue weighted by atomic mass is 9.82. The summed E-state index contributed by atoms with van der Waals surface area (Å²) in [5.74, 6) is 0.697. The number of aromatic nitrogens is 3. The van der Waals surface area contributed by atoms with Gasteiger partial charge in [-0.1, -0.05) is 166 Å². The Morgan fingerprint density at radius 1 is 0.576 bits per heavy atom. The summed E-state index contributed by atoms with van der Waals surface area (Å²) in [5, 5.41) is 11.1. The van der Waals surface area contributed by atoms with Gasteiger partial charge in [0.05, 0.1) is 26.9 Å². The molecule has 0 radical (unpaired) electrons. The fourth-order valence-corrected chi connectivity index (χ4v) is 11.7. The maximum Gasteiger partial charge on any atom is 0.235 e. The SMILES string of the molecule is CC1(C)c2ccc(-c3cccc4c5c6ccccc6c6ccccc6c5n(-c5nc(C6=CCCC=C6)c6sc7ccccc7c6n5)c34)cc2-c2c1ccc1ccccc21. The average Bonchev–Trinajstić information content (AvgIpc) is 3.92. The zero-order valence-electron chi connectivity index (χ0n) is 32.8. The van der Waals surface area contributed by atoms with Crippen LogP contribution in [0.25, 0.3) is 108 Å². The van der Waals surface area contributed by atoms with Crippen LogP contribution in [0.2, 0.25) is 0 Å². The number of hydrogen-bond donors (Lipinski definition) is 0. The lowest BCUT2D eigenvalue weighted by Crippen LogP contribution is -2.14. The highest BCUT2D eigenvalue weighted by atomic mass is 32.1. The molecular formula is C55H37N3S. The van der Waals surface area contributed by atoms with Gasteiger partial charge in [0.15, 0.2) is 0 Å². The quantitative estimate of drug-likeness (QED) is 0.168. The molecule has 0 amide bonds. The molecule has 2 aliphatic carbocycles. The third-order valence-electron chi connectivity index (χ3n) is 13.2. The van der Waals surface area contributed by atoms with E-state index in [1.807, 2.05) is 0 Å². The van der Waals surface area contributed by atoms with Crippen LogP contribution in [0.1, 0.15) is 43.5 Å². The highest BCUT2D eigenvalue weighted by molar-refractivity contribution is 7.26. The van der Waals surface area contributed by atoms with Crippen molar-refractivity contribution in [3.05, 3.63) is 181 Å². The predicted octanol–water partition coefficient (Wildman–Crippen LogP) is 15.1. The van der Waals surface area contributed by atoms with Gasteiger partial charge in [-0.05, 0) is 85.3 Å². The van der Waals surface area contributed by atoms with Gasteiger partial charge < -0.3 is 0 Å². The first-order valence-electron chi connectivity index (χ1n) is 20.7. The third-order valence-corrected chi connectivity index (χ3v) is 14.4. The van der Waals surface area contributed by atoms with Crippen LogP contribution in [0.3, 0.4) is 0 Å². The summed E-state index contributed by atoms with van der Waals surface area (Å²) in [4.78, 5) is 11.3. The Labute approximate surface area is 345 Å². The van der Waals surface area contributed by atoms with Crippen LogP contribution in [0, 0.1) is 0 Å². The van der Waals surface area contributed by atoms with E-state index in [0.717, 1.165) is 39.8 Å². The topological polar surface area (TPSA) is 30.7 Å². The molecule has 0 saturated heterocycles. The van der Waals surface area contributed by atoms with Crippen molar-refractivity contribution in [3.63, 3.8) is 0 Å². The Bertz CT molecular complexity index is 3710. The largest absolute Gasteiger partial charge is 0.277 e. The summed E-state index contributed by atoms with van der Waals surface area (Å²) < 4.78 is 4.78. The van der Waals surface area contributed by atoms with E-state index in [-0.39, 0.29) is 5.41 Å². The molecule has 3 nitrogen and oxygen atoms in total. The van der Waals surface area contributed by atoms with E-state index in [2.05, 4.69) is 182 Å². The first-order chi connectivity index (χ1) is 29.0. The Hall–Kier alpha value is -6.88. The molecule has 0 bridgehead atoms. The molecule has 0 aliphatic heterocycles. The van der Waals surface area contributed by atoms with E-state index in [1.165, 1.54) is 92.1 Å². The molecule has 278 valence electrons. The number of thiophene rings is 1. The maximum absolute atomic E-state index is 5.67. The van der Waals surface area contributed by atoms with Crippen LogP contribution < -0.4 is 0 Å². The Balaban J connectivity index is 1.20. The number of para-hydroxylation sites is 1. The summed E-state index contributed by atoms with van der Waals surface area (Å²) in [6, 6.07) is 54.0. The molecule has 3 aromatic heterocycles. The van der Waals surface area contributed by atoms with Gasteiger partial charge in [-0.3, -0.25) is 4.57 Å². The van der Waals surface area contributed by atoms with Crippen LogP contribution in [0.15, 0.2) is 164 Å². The molecule has 2 aliphatic rings. The summed E-state index contributed by atoms with van der Waals surface area (Å²) in [6.07, 6.45) is 8.94. The van der Waals surface area contributed by atoms with Crippen molar-refractivity contribution in [1.29, 1.82) is 0 Å². The summed E-state index contributed by atoms with van der Waals surface area (Å²) in [7, 11) is 0. The minimum Gasteiger partial charge on any atom is -0.277 e. The zero-order valence-corrected chi connectivity index (χ0v) is 33.6. The Morgan fingerprint density at radius 2 is 1.29 bits per heavy atom. The van der Waals surface area contributed by atoms with Crippen LogP contribution >= 0.6 is 11.3 Å². The fraction of sp³-hybridized carbons (Fsp3) is 0.0909. The number of hydrogen-bond acceptors (Lipinski definition) is 3. The molecule has 8 aromatic carbocycles.